The van der Waals surface area contributed by atoms with Crippen LogP contribution in [0.4, 0.5) is 0 Å². The first-order valence-electron chi connectivity index (χ1n) is 4.05. The second-order valence-corrected chi connectivity index (χ2v) is 4.79. The zero-order valence-corrected chi connectivity index (χ0v) is 9.78. The SMILES string of the molecule is CC(CC#N)NCc1cc(Br)cs1. The lowest BCUT2D eigenvalue weighted by molar-refractivity contribution is 0.561. The number of hydrogen-bond acceptors (Lipinski definition) is 3. The van der Waals surface area contributed by atoms with Crippen molar-refractivity contribution in [2.45, 2.75) is 25.9 Å². The number of nitriles is 1. The van der Waals surface area contributed by atoms with E-state index in [2.05, 4.69) is 38.8 Å². The quantitative estimate of drug-likeness (QED) is 0.902. The van der Waals surface area contributed by atoms with Crippen molar-refractivity contribution in [3.8, 4) is 6.07 Å². The minimum absolute atomic E-state index is 0.269. The van der Waals surface area contributed by atoms with E-state index in [0.29, 0.717) is 6.42 Å². The van der Waals surface area contributed by atoms with Crippen LogP contribution in [-0.4, -0.2) is 6.04 Å². The van der Waals surface area contributed by atoms with Crippen molar-refractivity contribution < 1.29 is 0 Å². The fraction of sp³-hybridized carbons (Fsp3) is 0.444. The second kappa shape index (κ2) is 5.38. The van der Waals surface area contributed by atoms with Gasteiger partial charge in [0.25, 0.3) is 0 Å². The van der Waals surface area contributed by atoms with Crippen LogP contribution < -0.4 is 5.32 Å². The molecule has 70 valence electrons. The van der Waals surface area contributed by atoms with E-state index in [1.54, 1.807) is 11.3 Å². The number of nitrogens with one attached hydrogen (secondary N) is 1. The van der Waals surface area contributed by atoms with E-state index in [0.717, 1.165) is 11.0 Å². The number of thiophene rings is 1. The summed E-state index contributed by atoms with van der Waals surface area (Å²) in [7, 11) is 0. The Morgan fingerprint density at radius 2 is 2.54 bits per heavy atom. The molecule has 0 saturated heterocycles. The molecule has 1 atom stereocenters. The van der Waals surface area contributed by atoms with Crippen LogP contribution in [0.25, 0.3) is 0 Å². The summed E-state index contributed by atoms with van der Waals surface area (Å²) in [5, 5.41) is 13.8. The highest BCUT2D eigenvalue weighted by Crippen LogP contribution is 2.19. The molecule has 1 aromatic rings. The Balaban J connectivity index is 2.31. The zero-order chi connectivity index (χ0) is 9.68. The first-order valence-corrected chi connectivity index (χ1v) is 5.73. The zero-order valence-electron chi connectivity index (χ0n) is 7.38. The maximum absolute atomic E-state index is 8.44. The van der Waals surface area contributed by atoms with Gasteiger partial charge in [0, 0.05) is 27.3 Å². The topological polar surface area (TPSA) is 35.8 Å². The standard InChI is InChI=1S/C9H11BrN2S/c1-7(2-3-11)12-5-9-4-8(10)6-13-9/h4,6-7,12H,2,5H2,1H3. The minimum atomic E-state index is 0.269. The molecule has 1 aromatic heterocycles. The molecule has 1 heterocycles. The lowest BCUT2D eigenvalue weighted by Crippen LogP contribution is -2.24. The Hall–Kier alpha value is -0.370. The molecule has 0 aliphatic carbocycles. The number of rotatable bonds is 4. The van der Waals surface area contributed by atoms with E-state index in [-0.39, 0.29) is 6.04 Å². The van der Waals surface area contributed by atoms with Crippen LogP contribution >= 0.6 is 27.3 Å². The van der Waals surface area contributed by atoms with Crippen LogP contribution in [0.5, 0.6) is 0 Å². The molecule has 1 unspecified atom stereocenters. The van der Waals surface area contributed by atoms with Gasteiger partial charge in [0.1, 0.15) is 0 Å². The van der Waals surface area contributed by atoms with Crippen LogP contribution in [0.3, 0.4) is 0 Å². The predicted molar refractivity (Wildman–Crippen MR) is 58.6 cm³/mol. The van der Waals surface area contributed by atoms with E-state index in [4.69, 9.17) is 5.26 Å². The third-order valence-electron chi connectivity index (χ3n) is 1.64. The van der Waals surface area contributed by atoms with Crippen LogP contribution in [0, 0.1) is 11.3 Å². The summed E-state index contributed by atoms with van der Waals surface area (Å²) < 4.78 is 1.13. The summed E-state index contributed by atoms with van der Waals surface area (Å²) in [6.07, 6.45) is 0.562. The van der Waals surface area contributed by atoms with E-state index in [1.807, 2.05) is 6.92 Å². The van der Waals surface area contributed by atoms with E-state index in [9.17, 15) is 0 Å². The van der Waals surface area contributed by atoms with Gasteiger partial charge in [0.05, 0.1) is 12.5 Å². The van der Waals surface area contributed by atoms with Gasteiger partial charge in [-0.05, 0) is 28.9 Å². The molecule has 0 radical (unpaired) electrons. The summed E-state index contributed by atoms with van der Waals surface area (Å²) in [5.41, 5.74) is 0. The molecule has 1 N–H and O–H groups in total. The average molecular weight is 259 g/mol. The van der Waals surface area contributed by atoms with Crippen molar-refractivity contribution in [3.05, 3.63) is 20.8 Å². The van der Waals surface area contributed by atoms with Gasteiger partial charge in [-0.1, -0.05) is 0 Å². The predicted octanol–water partition coefficient (Wildman–Crippen LogP) is 2.90. The van der Waals surface area contributed by atoms with Crippen molar-refractivity contribution in [2.24, 2.45) is 0 Å². The molecular weight excluding hydrogens is 248 g/mol. The van der Waals surface area contributed by atoms with Gasteiger partial charge in [0.2, 0.25) is 0 Å². The Morgan fingerprint density at radius 3 is 3.08 bits per heavy atom. The fourth-order valence-corrected chi connectivity index (χ4v) is 2.33. The Kier molecular flexibility index (Phi) is 4.43. The van der Waals surface area contributed by atoms with E-state index in [1.165, 1.54) is 4.88 Å². The number of hydrogen-bond donors (Lipinski definition) is 1. The summed E-state index contributed by atoms with van der Waals surface area (Å²) in [6, 6.07) is 4.50. The fourth-order valence-electron chi connectivity index (χ4n) is 0.930. The van der Waals surface area contributed by atoms with Crippen molar-refractivity contribution >= 4 is 27.3 Å². The first-order chi connectivity index (χ1) is 6.22. The Morgan fingerprint density at radius 1 is 1.77 bits per heavy atom. The third-order valence-corrected chi connectivity index (χ3v) is 3.34. The maximum atomic E-state index is 8.44. The van der Waals surface area contributed by atoms with Gasteiger partial charge in [-0.25, -0.2) is 0 Å². The molecule has 0 spiro atoms. The minimum Gasteiger partial charge on any atom is -0.308 e. The lowest BCUT2D eigenvalue weighted by atomic mass is 10.2. The second-order valence-electron chi connectivity index (χ2n) is 2.88. The third kappa shape index (κ3) is 3.90. The highest BCUT2D eigenvalue weighted by atomic mass is 79.9. The molecule has 0 aliphatic heterocycles. The molecule has 0 bridgehead atoms. The smallest absolute Gasteiger partial charge is 0.0638 e. The monoisotopic (exact) mass is 258 g/mol. The molecule has 1 rings (SSSR count). The van der Waals surface area contributed by atoms with Crippen molar-refractivity contribution in [2.75, 3.05) is 0 Å². The molecule has 0 fully saturated rings. The summed E-state index contributed by atoms with van der Waals surface area (Å²) in [6.45, 7) is 2.87. The van der Waals surface area contributed by atoms with Gasteiger partial charge in [-0.2, -0.15) is 5.26 Å². The van der Waals surface area contributed by atoms with E-state index >= 15 is 0 Å². The first kappa shape index (κ1) is 10.7. The highest BCUT2D eigenvalue weighted by Gasteiger charge is 2.01. The van der Waals surface area contributed by atoms with Crippen LogP contribution in [-0.2, 0) is 6.54 Å². The van der Waals surface area contributed by atoms with Gasteiger partial charge in [-0.15, -0.1) is 11.3 Å². The summed E-state index contributed by atoms with van der Waals surface area (Å²) in [4.78, 5) is 1.29. The van der Waals surface area contributed by atoms with Gasteiger partial charge in [0.15, 0.2) is 0 Å². The number of nitrogens with zero attached hydrogens (tertiary/aromatic N) is 1. The Labute approximate surface area is 90.7 Å². The molecular formula is C9H11BrN2S. The largest absolute Gasteiger partial charge is 0.308 e. The van der Waals surface area contributed by atoms with Crippen LogP contribution in [0.1, 0.15) is 18.2 Å². The molecule has 0 aliphatic rings. The van der Waals surface area contributed by atoms with Crippen molar-refractivity contribution in [1.82, 2.24) is 5.32 Å². The molecule has 0 aromatic carbocycles. The van der Waals surface area contributed by atoms with E-state index < -0.39 is 0 Å². The lowest BCUT2D eigenvalue weighted by Gasteiger charge is -2.07. The molecule has 13 heavy (non-hydrogen) atoms. The van der Waals surface area contributed by atoms with Gasteiger partial charge < -0.3 is 5.32 Å². The van der Waals surface area contributed by atoms with Crippen molar-refractivity contribution in [1.29, 1.82) is 5.26 Å². The van der Waals surface area contributed by atoms with Gasteiger partial charge in [-0.3, -0.25) is 0 Å². The highest BCUT2D eigenvalue weighted by molar-refractivity contribution is 9.10. The maximum Gasteiger partial charge on any atom is 0.0638 e. The normalized spacial score (nSPS) is 12.4. The van der Waals surface area contributed by atoms with Crippen molar-refractivity contribution in [3.63, 3.8) is 0 Å². The van der Waals surface area contributed by atoms with Crippen LogP contribution in [0.2, 0.25) is 0 Å². The molecule has 0 saturated carbocycles. The molecule has 0 amide bonds. The Bertz CT molecular complexity index is 303. The molecule has 2 nitrogen and oxygen atoms in total. The average Bonchev–Trinajstić information content (AvgIpc) is 2.49. The van der Waals surface area contributed by atoms with Crippen LogP contribution in [0.15, 0.2) is 15.9 Å². The number of halogens is 1. The summed E-state index contributed by atoms with van der Waals surface area (Å²) >= 11 is 5.12. The van der Waals surface area contributed by atoms with Gasteiger partial charge >= 0.3 is 0 Å². The summed E-state index contributed by atoms with van der Waals surface area (Å²) in [5.74, 6) is 0. The molecule has 4 heteroatoms.